The van der Waals surface area contributed by atoms with Crippen LogP contribution >= 0.6 is 0 Å². The summed E-state index contributed by atoms with van der Waals surface area (Å²) in [5.41, 5.74) is 3.42. The second kappa shape index (κ2) is 6.44. The van der Waals surface area contributed by atoms with Crippen molar-refractivity contribution >= 4 is 23.2 Å². The largest absolute Gasteiger partial charge is 0.326 e. The first-order valence-electron chi connectivity index (χ1n) is 8.12. The topological polar surface area (TPSA) is 71.8 Å². The molecular formula is C19H16FN5O. The molecule has 1 aliphatic heterocycles. The molecule has 130 valence electrons. The molecule has 4 rings (SSSR count). The number of hydrogen-bond donors (Lipinski definition) is 2. The van der Waals surface area contributed by atoms with Gasteiger partial charge in [0.2, 0.25) is 11.9 Å². The highest BCUT2D eigenvalue weighted by molar-refractivity contribution is 5.88. The van der Waals surface area contributed by atoms with Crippen molar-refractivity contribution in [3.8, 4) is 0 Å². The van der Waals surface area contributed by atoms with E-state index in [0.29, 0.717) is 5.95 Å². The molecule has 0 fully saturated rings. The van der Waals surface area contributed by atoms with E-state index in [2.05, 4.69) is 20.7 Å². The van der Waals surface area contributed by atoms with E-state index in [4.69, 9.17) is 0 Å². The molecule has 2 aromatic carbocycles. The summed E-state index contributed by atoms with van der Waals surface area (Å²) in [4.78, 5) is 15.4. The van der Waals surface area contributed by atoms with Crippen LogP contribution in [0.5, 0.6) is 0 Å². The van der Waals surface area contributed by atoms with Gasteiger partial charge in [-0.15, -0.1) is 0 Å². The van der Waals surface area contributed by atoms with Crippen LogP contribution in [0.15, 0.2) is 60.9 Å². The summed E-state index contributed by atoms with van der Waals surface area (Å²) in [6, 6.07) is 13.7. The van der Waals surface area contributed by atoms with E-state index in [1.54, 1.807) is 16.8 Å². The molecular weight excluding hydrogens is 333 g/mol. The van der Waals surface area contributed by atoms with E-state index < -0.39 is 0 Å². The number of nitrogens with one attached hydrogen (secondary N) is 2. The molecule has 2 heterocycles. The molecule has 0 bridgehead atoms. The van der Waals surface area contributed by atoms with Crippen molar-refractivity contribution in [1.29, 1.82) is 0 Å². The zero-order valence-electron chi connectivity index (χ0n) is 14.0. The number of carbonyl (C=O) groups excluding carboxylic acids is 1. The van der Waals surface area contributed by atoms with Crippen LogP contribution in [-0.4, -0.2) is 20.7 Å². The number of allylic oxidation sites excluding steroid dienone is 1. The summed E-state index contributed by atoms with van der Waals surface area (Å²) in [5.74, 6) is 0.220. The summed E-state index contributed by atoms with van der Waals surface area (Å²) in [5, 5.41) is 10.3. The Labute approximate surface area is 149 Å². The van der Waals surface area contributed by atoms with Gasteiger partial charge in [0.15, 0.2) is 0 Å². The number of rotatable bonds is 3. The molecule has 7 heteroatoms. The van der Waals surface area contributed by atoms with Gasteiger partial charge in [0.25, 0.3) is 0 Å². The molecule has 1 aromatic heterocycles. The van der Waals surface area contributed by atoms with Crippen molar-refractivity contribution in [1.82, 2.24) is 14.8 Å². The summed E-state index contributed by atoms with van der Waals surface area (Å²) < 4.78 is 15.0. The number of hydrogen-bond acceptors (Lipinski definition) is 4. The van der Waals surface area contributed by atoms with Crippen LogP contribution < -0.4 is 10.6 Å². The Morgan fingerprint density at radius 1 is 1.15 bits per heavy atom. The van der Waals surface area contributed by atoms with Crippen molar-refractivity contribution < 1.29 is 9.18 Å². The van der Waals surface area contributed by atoms with Gasteiger partial charge in [-0.1, -0.05) is 12.1 Å². The number of aromatic nitrogens is 3. The standard InChI is InChI=1S/C19H16FN5O/c1-12(26)23-16-8-4-14(5-9-16)18-10-17(13-2-6-15(20)7-3-13)24-19-21-11-22-25(18)19/h2-11,18H,1H3,(H,23,26)(H,21,22,24)/t18-/m1/s1. The molecule has 1 aliphatic rings. The maximum atomic E-state index is 13.2. The molecule has 0 unspecified atom stereocenters. The van der Waals surface area contributed by atoms with Crippen molar-refractivity contribution in [2.45, 2.75) is 13.0 Å². The van der Waals surface area contributed by atoms with Gasteiger partial charge in [-0.05, 0) is 53.6 Å². The van der Waals surface area contributed by atoms with Gasteiger partial charge in [-0.25, -0.2) is 9.07 Å². The molecule has 0 aliphatic carbocycles. The second-order valence-electron chi connectivity index (χ2n) is 5.99. The molecule has 6 nitrogen and oxygen atoms in total. The minimum Gasteiger partial charge on any atom is -0.326 e. The molecule has 2 N–H and O–H groups in total. The van der Waals surface area contributed by atoms with Crippen LogP contribution in [0.1, 0.15) is 24.1 Å². The Balaban J connectivity index is 1.71. The van der Waals surface area contributed by atoms with Crippen LogP contribution in [0, 0.1) is 5.82 Å². The fraction of sp³-hybridized carbons (Fsp3) is 0.105. The van der Waals surface area contributed by atoms with E-state index in [9.17, 15) is 9.18 Å². The predicted molar refractivity (Wildman–Crippen MR) is 96.9 cm³/mol. The number of anilines is 2. The summed E-state index contributed by atoms with van der Waals surface area (Å²) in [6.07, 6.45) is 3.50. The Morgan fingerprint density at radius 2 is 1.88 bits per heavy atom. The zero-order valence-corrected chi connectivity index (χ0v) is 14.0. The normalized spacial score (nSPS) is 15.6. The molecule has 1 amide bonds. The summed E-state index contributed by atoms with van der Waals surface area (Å²) in [6.45, 7) is 1.47. The Morgan fingerprint density at radius 3 is 2.58 bits per heavy atom. The van der Waals surface area contributed by atoms with Crippen molar-refractivity contribution in [3.63, 3.8) is 0 Å². The molecule has 0 saturated carbocycles. The third kappa shape index (κ3) is 3.06. The Bertz CT molecular complexity index is 976. The van der Waals surface area contributed by atoms with E-state index >= 15 is 0 Å². The van der Waals surface area contributed by atoms with Crippen LogP contribution in [0.2, 0.25) is 0 Å². The molecule has 26 heavy (non-hydrogen) atoms. The zero-order chi connectivity index (χ0) is 18.1. The lowest BCUT2D eigenvalue weighted by Gasteiger charge is -2.24. The van der Waals surface area contributed by atoms with Crippen molar-refractivity contribution in [3.05, 3.63) is 77.9 Å². The average Bonchev–Trinajstić information content (AvgIpc) is 3.10. The molecule has 0 spiro atoms. The van der Waals surface area contributed by atoms with Crippen molar-refractivity contribution in [2.24, 2.45) is 0 Å². The van der Waals surface area contributed by atoms with E-state index in [-0.39, 0.29) is 17.8 Å². The predicted octanol–water partition coefficient (Wildman–Crippen LogP) is 3.43. The molecule has 0 radical (unpaired) electrons. The highest BCUT2D eigenvalue weighted by Crippen LogP contribution is 2.32. The maximum absolute atomic E-state index is 13.2. The van der Waals surface area contributed by atoms with Gasteiger partial charge in [-0.2, -0.15) is 10.1 Å². The lowest BCUT2D eigenvalue weighted by Crippen LogP contribution is -2.20. The fourth-order valence-electron chi connectivity index (χ4n) is 2.94. The fourth-order valence-corrected chi connectivity index (χ4v) is 2.94. The minimum absolute atomic E-state index is 0.114. The van der Waals surface area contributed by atoms with Crippen LogP contribution in [0.3, 0.4) is 0 Å². The number of nitrogens with zero attached hydrogens (tertiary/aromatic N) is 3. The SMILES string of the molecule is CC(=O)Nc1ccc([C@H]2C=C(c3ccc(F)cc3)Nc3ncnn32)cc1. The number of amides is 1. The first-order chi connectivity index (χ1) is 12.6. The van der Waals surface area contributed by atoms with E-state index in [1.165, 1.54) is 25.4 Å². The monoisotopic (exact) mass is 349 g/mol. The van der Waals surface area contributed by atoms with Gasteiger partial charge in [0.1, 0.15) is 18.2 Å². The van der Waals surface area contributed by atoms with Crippen LogP contribution in [-0.2, 0) is 4.79 Å². The van der Waals surface area contributed by atoms with Gasteiger partial charge in [0.05, 0.1) is 0 Å². The smallest absolute Gasteiger partial charge is 0.226 e. The summed E-state index contributed by atoms with van der Waals surface area (Å²) in [7, 11) is 0. The molecule has 0 saturated heterocycles. The Hall–Kier alpha value is -3.48. The second-order valence-corrected chi connectivity index (χ2v) is 5.99. The quantitative estimate of drug-likeness (QED) is 0.760. The lowest BCUT2D eigenvalue weighted by molar-refractivity contribution is -0.114. The van der Waals surface area contributed by atoms with Crippen LogP contribution in [0.4, 0.5) is 16.0 Å². The molecule has 3 aromatic rings. The molecule has 1 atom stereocenters. The average molecular weight is 349 g/mol. The van der Waals surface area contributed by atoms with E-state index in [0.717, 1.165) is 22.5 Å². The maximum Gasteiger partial charge on any atom is 0.226 e. The highest BCUT2D eigenvalue weighted by atomic mass is 19.1. The van der Waals surface area contributed by atoms with Crippen molar-refractivity contribution in [2.75, 3.05) is 10.6 Å². The number of benzene rings is 2. The number of fused-ring (bicyclic) bond motifs is 1. The van der Waals surface area contributed by atoms with Crippen LogP contribution in [0.25, 0.3) is 5.70 Å². The highest BCUT2D eigenvalue weighted by Gasteiger charge is 2.23. The van der Waals surface area contributed by atoms with Gasteiger partial charge >= 0.3 is 0 Å². The minimum atomic E-state index is -0.279. The van der Waals surface area contributed by atoms with Gasteiger partial charge in [-0.3, -0.25) is 4.79 Å². The number of halogens is 1. The third-order valence-corrected chi connectivity index (χ3v) is 4.14. The van der Waals surface area contributed by atoms with Gasteiger partial charge < -0.3 is 10.6 Å². The number of carbonyl (C=O) groups is 1. The third-order valence-electron chi connectivity index (χ3n) is 4.14. The van der Waals surface area contributed by atoms with E-state index in [1.807, 2.05) is 30.3 Å². The summed E-state index contributed by atoms with van der Waals surface area (Å²) >= 11 is 0. The first-order valence-corrected chi connectivity index (χ1v) is 8.12. The first kappa shape index (κ1) is 16.0. The Kier molecular flexibility index (Phi) is 3.96. The van der Waals surface area contributed by atoms with Gasteiger partial charge in [0, 0.05) is 18.3 Å². The lowest BCUT2D eigenvalue weighted by atomic mass is 10.0.